The van der Waals surface area contributed by atoms with Crippen LogP contribution >= 0.6 is 11.8 Å². The lowest BCUT2D eigenvalue weighted by molar-refractivity contribution is -0.217. The number of fused-ring (bicyclic) bond motifs is 1. The molecule has 0 aromatic carbocycles. The zero-order chi connectivity index (χ0) is 20.5. The Kier molecular flexibility index (Phi) is 6.47. The highest BCUT2D eigenvalue weighted by Crippen LogP contribution is 2.55. The highest BCUT2D eigenvalue weighted by Gasteiger charge is 2.73. The molecule has 2 heterocycles. The Labute approximate surface area is 166 Å². The van der Waals surface area contributed by atoms with Crippen molar-refractivity contribution in [1.82, 2.24) is 10.6 Å². The van der Waals surface area contributed by atoms with Gasteiger partial charge >= 0.3 is 17.9 Å². The molecule has 1 saturated carbocycles. The summed E-state index contributed by atoms with van der Waals surface area (Å²) in [4.78, 5) is 34.9. The van der Waals surface area contributed by atoms with E-state index in [0.717, 1.165) is 0 Å². The van der Waals surface area contributed by atoms with Gasteiger partial charge in [0.2, 0.25) is 0 Å². The molecule has 1 unspecified atom stereocenters. The summed E-state index contributed by atoms with van der Waals surface area (Å²) in [6.45, 7) is 3.86. The van der Waals surface area contributed by atoms with Gasteiger partial charge in [-0.15, -0.1) is 0 Å². The van der Waals surface area contributed by atoms with Crippen LogP contribution in [-0.2, 0) is 33.3 Å². The number of alkyl halides is 1. The number of carbonyl (C=O) groups excluding carboxylic acids is 3. The van der Waals surface area contributed by atoms with Gasteiger partial charge in [-0.3, -0.25) is 29.4 Å². The van der Waals surface area contributed by atoms with Gasteiger partial charge in [0.25, 0.3) is 0 Å². The van der Waals surface area contributed by atoms with E-state index in [0.29, 0.717) is 19.4 Å². The summed E-state index contributed by atoms with van der Waals surface area (Å²) in [5.74, 6) is -1.55. The van der Waals surface area contributed by atoms with E-state index in [-0.39, 0.29) is 5.50 Å². The highest BCUT2D eigenvalue weighted by molar-refractivity contribution is 8.00. The number of rotatable bonds is 7. The van der Waals surface area contributed by atoms with Crippen LogP contribution in [0.3, 0.4) is 0 Å². The van der Waals surface area contributed by atoms with Gasteiger partial charge < -0.3 is 18.9 Å². The largest absolute Gasteiger partial charge is 0.459 e. The van der Waals surface area contributed by atoms with Crippen LogP contribution in [0.15, 0.2) is 0 Å². The fraction of sp³-hybridized carbons (Fsp3) is 0.824. The minimum atomic E-state index is -1.05. The first-order valence-corrected chi connectivity index (χ1v) is 10.1. The molecule has 0 aromatic heterocycles. The van der Waals surface area contributed by atoms with E-state index in [1.807, 2.05) is 0 Å². The monoisotopic (exact) mass is 420 g/mol. The van der Waals surface area contributed by atoms with Gasteiger partial charge in [0.05, 0.1) is 12.7 Å². The van der Waals surface area contributed by atoms with Gasteiger partial charge in [-0.25, -0.2) is 0 Å². The number of ether oxygens (including phenoxy) is 4. The first-order valence-electron chi connectivity index (χ1n) is 9.17. The molecule has 2 aliphatic heterocycles. The number of thioether (sulfide) groups is 1. The van der Waals surface area contributed by atoms with Gasteiger partial charge in [0.1, 0.15) is 17.0 Å². The van der Waals surface area contributed by atoms with Crippen LogP contribution < -0.4 is 10.6 Å². The lowest BCUT2D eigenvalue weighted by Gasteiger charge is -2.43. The second kappa shape index (κ2) is 8.52. The summed E-state index contributed by atoms with van der Waals surface area (Å²) in [6, 6.07) is -0.453. The van der Waals surface area contributed by atoms with Crippen molar-refractivity contribution in [2.75, 3.05) is 13.2 Å². The molecule has 158 valence electrons. The average Bonchev–Trinajstić information content (AvgIpc) is 3.07. The second-order valence-corrected chi connectivity index (χ2v) is 8.26. The molecule has 2 saturated heterocycles. The molecular weight excluding hydrogens is 395 g/mol. The summed E-state index contributed by atoms with van der Waals surface area (Å²) in [6.07, 6.45) is -1.62. The van der Waals surface area contributed by atoms with Crippen molar-refractivity contribution in [1.29, 1.82) is 0 Å². The third kappa shape index (κ3) is 4.42. The maximum absolute atomic E-state index is 12.4. The quantitative estimate of drug-likeness (QED) is 0.337. The minimum absolute atomic E-state index is 0.251. The Morgan fingerprint density at radius 3 is 2.46 bits per heavy atom. The van der Waals surface area contributed by atoms with E-state index in [9.17, 15) is 18.8 Å². The third-order valence-electron chi connectivity index (χ3n) is 4.81. The maximum atomic E-state index is 12.4. The molecule has 7 atom stereocenters. The van der Waals surface area contributed by atoms with Crippen LogP contribution in [0.5, 0.6) is 0 Å². The SMILES string of the molecule is CC(=O)O[C@@H]1[C@H]2NC(NCCCF)S[C@H]2O[C@@]2(C[C@H]2OC(C)=O)[C@H]1OC(C)=O. The summed E-state index contributed by atoms with van der Waals surface area (Å²) in [7, 11) is 0. The fourth-order valence-corrected chi connectivity index (χ4v) is 5.04. The van der Waals surface area contributed by atoms with Crippen molar-refractivity contribution in [2.24, 2.45) is 0 Å². The molecule has 0 bridgehead atoms. The Hall–Kier alpha value is -1.43. The van der Waals surface area contributed by atoms with Crippen LogP contribution in [0, 0.1) is 0 Å². The zero-order valence-electron chi connectivity index (χ0n) is 15.9. The number of halogens is 1. The molecule has 3 aliphatic rings. The van der Waals surface area contributed by atoms with E-state index in [1.54, 1.807) is 0 Å². The van der Waals surface area contributed by atoms with Gasteiger partial charge in [0.15, 0.2) is 17.8 Å². The van der Waals surface area contributed by atoms with E-state index in [2.05, 4.69) is 10.6 Å². The molecule has 0 amide bonds. The van der Waals surface area contributed by atoms with E-state index < -0.39 is 60.0 Å². The van der Waals surface area contributed by atoms with Gasteiger partial charge in [-0.1, -0.05) is 11.8 Å². The Bertz CT molecular complexity index is 639. The van der Waals surface area contributed by atoms with Crippen LogP contribution in [-0.4, -0.2) is 72.0 Å². The molecule has 1 aliphatic carbocycles. The third-order valence-corrected chi connectivity index (χ3v) is 6.04. The van der Waals surface area contributed by atoms with Crippen molar-refractivity contribution >= 4 is 29.7 Å². The van der Waals surface area contributed by atoms with Crippen molar-refractivity contribution in [2.45, 2.75) is 74.5 Å². The molecule has 3 rings (SSSR count). The first kappa shape index (κ1) is 21.3. The van der Waals surface area contributed by atoms with Gasteiger partial charge in [0, 0.05) is 27.2 Å². The number of carbonyl (C=O) groups is 3. The van der Waals surface area contributed by atoms with Crippen LogP contribution in [0.1, 0.15) is 33.6 Å². The second-order valence-electron chi connectivity index (χ2n) is 7.05. The molecular formula is C17H25FN2O7S. The topological polar surface area (TPSA) is 112 Å². The number of hydrogen-bond donors (Lipinski definition) is 2. The summed E-state index contributed by atoms with van der Waals surface area (Å²) >= 11 is 1.42. The van der Waals surface area contributed by atoms with Crippen molar-refractivity contribution in [3.63, 3.8) is 0 Å². The standard InChI is InChI=1S/C17H25FN2O7S/c1-8(21)24-11-7-17(11)14(26-10(3)23)13(25-9(2)22)12-15(27-17)28-16(20-12)19-6-4-5-18/h11-16,19-20H,4-7H2,1-3H3/t11-,12-,13-,14+,15-,16?,17-/m1/s1. The number of nitrogens with one attached hydrogen (secondary N) is 2. The number of hydrogen-bond acceptors (Lipinski definition) is 10. The highest BCUT2D eigenvalue weighted by atomic mass is 32.2. The molecule has 9 nitrogen and oxygen atoms in total. The van der Waals surface area contributed by atoms with E-state index >= 15 is 0 Å². The van der Waals surface area contributed by atoms with Crippen molar-refractivity contribution in [3.8, 4) is 0 Å². The molecule has 0 aromatic rings. The molecule has 11 heteroatoms. The maximum Gasteiger partial charge on any atom is 0.303 e. The minimum Gasteiger partial charge on any atom is -0.459 e. The van der Waals surface area contributed by atoms with Crippen molar-refractivity contribution < 1.29 is 37.7 Å². The fourth-order valence-electron chi connectivity index (χ4n) is 3.69. The Morgan fingerprint density at radius 2 is 1.86 bits per heavy atom. The lowest BCUT2D eigenvalue weighted by atomic mass is 9.95. The van der Waals surface area contributed by atoms with Gasteiger partial charge in [-0.05, 0) is 13.0 Å². The van der Waals surface area contributed by atoms with Crippen LogP contribution in [0.25, 0.3) is 0 Å². The lowest BCUT2D eigenvalue weighted by Crippen LogP contribution is -2.64. The molecule has 1 spiro atoms. The van der Waals surface area contributed by atoms with Crippen LogP contribution in [0.2, 0.25) is 0 Å². The van der Waals surface area contributed by atoms with E-state index in [1.165, 1.54) is 32.5 Å². The molecule has 3 fully saturated rings. The molecule has 2 N–H and O–H groups in total. The smallest absolute Gasteiger partial charge is 0.303 e. The van der Waals surface area contributed by atoms with Crippen molar-refractivity contribution in [3.05, 3.63) is 0 Å². The normalized spacial score (nSPS) is 38.6. The summed E-state index contributed by atoms with van der Waals surface area (Å²) in [5, 5.41) is 6.42. The predicted octanol–water partition coefficient (Wildman–Crippen LogP) is 0.218. The first-order chi connectivity index (χ1) is 13.3. The summed E-state index contributed by atoms with van der Waals surface area (Å²) in [5.41, 5.74) is -1.74. The Balaban J connectivity index is 1.82. The van der Waals surface area contributed by atoms with E-state index in [4.69, 9.17) is 18.9 Å². The zero-order valence-corrected chi connectivity index (χ0v) is 16.8. The molecule has 28 heavy (non-hydrogen) atoms. The summed E-state index contributed by atoms with van der Waals surface area (Å²) < 4.78 is 34.9. The number of esters is 3. The van der Waals surface area contributed by atoms with Gasteiger partial charge in [-0.2, -0.15) is 0 Å². The van der Waals surface area contributed by atoms with Crippen LogP contribution in [0.4, 0.5) is 4.39 Å². The average molecular weight is 420 g/mol. The predicted molar refractivity (Wildman–Crippen MR) is 95.8 cm³/mol. The Morgan fingerprint density at radius 1 is 1.18 bits per heavy atom. The molecule has 0 radical (unpaired) electrons.